The van der Waals surface area contributed by atoms with Crippen LogP contribution in [-0.4, -0.2) is 56.4 Å². The quantitative estimate of drug-likeness (QED) is 0.486. The smallest absolute Gasteiger partial charge is 0.407 e. The van der Waals surface area contributed by atoms with Crippen LogP contribution in [0.15, 0.2) is 35.1 Å². The van der Waals surface area contributed by atoms with E-state index in [1.807, 2.05) is 23.1 Å². The number of carboxylic acid groups (broad SMARTS) is 1. The maximum Gasteiger partial charge on any atom is 0.407 e. The van der Waals surface area contributed by atoms with E-state index in [0.29, 0.717) is 24.1 Å². The molecule has 1 atom stereocenters. The fourth-order valence-electron chi connectivity index (χ4n) is 4.21. The van der Waals surface area contributed by atoms with Crippen molar-refractivity contribution in [1.29, 1.82) is 0 Å². The fourth-order valence-corrected chi connectivity index (χ4v) is 4.40. The Morgan fingerprint density at radius 3 is 2.74 bits per heavy atom. The molecule has 3 N–H and O–H groups in total. The van der Waals surface area contributed by atoms with E-state index in [0.717, 1.165) is 18.4 Å². The molecule has 0 saturated carbocycles. The molecular formula is C24H28ClN5O5. The first kappa shape index (κ1) is 24.6. The number of nitrogens with one attached hydrogen (secondary N) is 2. The SMILES string of the molecule is CC(C)(C)OC(=O)N[C@@H]1CCCN(c2nc3cc(C(=O)O)[nH]c(=O)c3n2Cc2ccccc2Cl)C1. The number of nitrogens with zero attached hydrogens (tertiary/aromatic N) is 3. The molecule has 0 aliphatic carbocycles. The zero-order chi connectivity index (χ0) is 25.3. The third kappa shape index (κ3) is 5.59. The molecule has 1 aromatic carbocycles. The summed E-state index contributed by atoms with van der Waals surface area (Å²) in [7, 11) is 0. The summed E-state index contributed by atoms with van der Waals surface area (Å²) in [5.41, 5.74) is -0.0744. The summed E-state index contributed by atoms with van der Waals surface area (Å²) >= 11 is 6.40. The molecule has 1 amide bonds. The number of carboxylic acids is 1. The molecule has 1 saturated heterocycles. The molecule has 0 unspecified atom stereocenters. The van der Waals surface area contributed by atoms with E-state index in [2.05, 4.69) is 15.3 Å². The van der Waals surface area contributed by atoms with E-state index in [1.54, 1.807) is 31.4 Å². The van der Waals surface area contributed by atoms with E-state index >= 15 is 0 Å². The van der Waals surface area contributed by atoms with Gasteiger partial charge in [-0.2, -0.15) is 0 Å². The predicted octanol–water partition coefficient (Wildman–Crippen LogP) is 3.62. The normalized spacial score (nSPS) is 16.3. The second-order valence-electron chi connectivity index (χ2n) is 9.57. The monoisotopic (exact) mass is 501 g/mol. The Balaban J connectivity index is 1.72. The average molecular weight is 502 g/mol. The number of fused-ring (bicyclic) bond motifs is 1. The van der Waals surface area contributed by atoms with Crippen LogP contribution in [0, 0.1) is 0 Å². The molecule has 186 valence electrons. The summed E-state index contributed by atoms with van der Waals surface area (Å²) in [5.74, 6) is -0.741. The van der Waals surface area contributed by atoms with E-state index in [9.17, 15) is 19.5 Å². The van der Waals surface area contributed by atoms with Crippen LogP contribution in [0.2, 0.25) is 5.02 Å². The molecule has 0 spiro atoms. The van der Waals surface area contributed by atoms with E-state index in [4.69, 9.17) is 16.3 Å². The first-order valence-electron chi connectivity index (χ1n) is 11.4. The van der Waals surface area contributed by atoms with Gasteiger partial charge in [0, 0.05) is 24.2 Å². The Morgan fingerprint density at radius 1 is 1.31 bits per heavy atom. The van der Waals surface area contributed by atoms with Crippen LogP contribution in [0.4, 0.5) is 10.7 Å². The van der Waals surface area contributed by atoms with Crippen LogP contribution in [0.1, 0.15) is 49.7 Å². The molecule has 35 heavy (non-hydrogen) atoms. The van der Waals surface area contributed by atoms with Gasteiger partial charge in [-0.3, -0.25) is 4.79 Å². The highest BCUT2D eigenvalue weighted by molar-refractivity contribution is 6.31. The fraction of sp³-hybridized carbons (Fsp3) is 0.417. The van der Waals surface area contributed by atoms with Crippen LogP contribution in [0.25, 0.3) is 11.0 Å². The number of alkyl carbamates (subject to hydrolysis) is 1. The predicted molar refractivity (Wildman–Crippen MR) is 132 cm³/mol. The number of aromatic amines is 1. The number of carbonyl (C=O) groups excluding carboxylic acids is 1. The number of pyridine rings is 1. The Hall–Kier alpha value is -3.53. The minimum atomic E-state index is -1.24. The van der Waals surface area contributed by atoms with Gasteiger partial charge in [-0.1, -0.05) is 29.8 Å². The van der Waals surface area contributed by atoms with E-state index in [1.165, 1.54) is 6.07 Å². The summed E-state index contributed by atoms with van der Waals surface area (Å²) in [6.45, 7) is 6.79. The largest absolute Gasteiger partial charge is 0.477 e. The number of halogens is 1. The number of aromatic carboxylic acids is 1. The number of hydrogen-bond donors (Lipinski definition) is 3. The summed E-state index contributed by atoms with van der Waals surface area (Å²) in [4.78, 5) is 45.8. The molecule has 3 heterocycles. The molecule has 0 radical (unpaired) electrons. The first-order valence-corrected chi connectivity index (χ1v) is 11.7. The Bertz CT molecular complexity index is 1330. The maximum atomic E-state index is 12.9. The molecule has 0 bridgehead atoms. The van der Waals surface area contributed by atoms with Gasteiger partial charge in [0.05, 0.1) is 12.1 Å². The Labute approximate surface area is 206 Å². The van der Waals surface area contributed by atoms with Crippen molar-refractivity contribution in [2.45, 2.75) is 51.8 Å². The highest BCUT2D eigenvalue weighted by Gasteiger charge is 2.28. The summed E-state index contributed by atoms with van der Waals surface area (Å²) < 4.78 is 7.14. The highest BCUT2D eigenvalue weighted by atomic mass is 35.5. The van der Waals surface area contributed by atoms with Crippen LogP contribution >= 0.6 is 11.6 Å². The van der Waals surface area contributed by atoms with E-state index < -0.39 is 23.2 Å². The zero-order valence-corrected chi connectivity index (χ0v) is 20.6. The summed E-state index contributed by atoms with van der Waals surface area (Å²) in [6, 6.07) is 8.48. The molecular weight excluding hydrogens is 474 g/mol. The van der Waals surface area contributed by atoms with Crippen LogP contribution in [-0.2, 0) is 11.3 Å². The zero-order valence-electron chi connectivity index (χ0n) is 19.8. The number of hydrogen-bond acceptors (Lipinski definition) is 6. The minimum Gasteiger partial charge on any atom is -0.477 e. The number of amides is 1. The summed E-state index contributed by atoms with van der Waals surface area (Å²) in [5, 5.41) is 12.8. The standard InChI is InChI=1S/C24H28ClN5O5/c1-24(2,3)35-23(34)26-15-8-6-10-29(13-15)22-28-17-11-18(21(32)33)27-20(31)19(17)30(22)12-14-7-4-5-9-16(14)25/h4-5,7,9,11,15H,6,8,10,12-13H2,1-3H3,(H,26,34)(H,27,31)(H,32,33)/t15-/m1/s1. The van der Waals surface area contributed by atoms with Crippen molar-refractivity contribution < 1.29 is 19.4 Å². The van der Waals surface area contributed by atoms with Gasteiger partial charge in [0.25, 0.3) is 5.56 Å². The van der Waals surface area contributed by atoms with Gasteiger partial charge in [0.1, 0.15) is 16.8 Å². The number of imidazole rings is 1. The van der Waals surface area contributed by atoms with Crippen molar-refractivity contribution in [3.63, 3.8) is 0 Å². The molecule has 1 aliphatic heterocycles. The maximum absolute atomic E-state index is 12.9. The van der Waals surface area contributed by atoms with Crippen molar-refractivity contribution in [2.75, 3.05) is 18.0 Å². The third-order valence-electron chi connectivity index (χ3n) is 5.66. The number of anilines is 1. The lowest BCUT2D eigenvalue weighted by Gasteiger charge is -2.34. The van der Waals surface area contributed by atoms with Crippen LogP contribution < -0.4 is 15.8 Å². The van der Waals surface area contributed by atoms with Crippen molar-refractivity contribution >= 4 is 40.6 Å². The van der Waals surface area contributed by atoms with Crippen molar-refractivity contribution in [1.82, 2.24) is 19.9 Å². The number of carbonyl (C=O) groups is 2. The molecule has 10 nitrogen and oxygen atoms in total. The van der Waals surface area contributed by atoms with E-state index in [-0.39, 0.29) is 29.3 Å². The number of rotatable bonds is 5. The average Bonchev–Trinajstić information content (AvgIpc) is 3.13. The van der Waals surface area contributed by atoms with Gasteiger partial charge in [-0.25, -0.2) is 14.6 Å². The molecule has 3 aromatic rings. The third-order valence-corrected chi connectivity index (χ3v) is 6.03. The second kappa shape index (κ2) is 9.61. The number of H-pyrrole nitrogens is 1. The molecule has 1 aliphatic rings. The molecule has 11 heteroatoms. The van der Waals surface area contributed by atoms with Crippen molar-refractivity contribution in [3.8, 4) is 0 Å². The highest BCUT2D eigenvalue weighted by Crippen LogP contribution is 2.27. The topological polar surface area (TPSA) is 130 Å². The van der Waals surface area contributed by atoms with Crippen LogP contribution in [0.3, 0.4) is 0 Å². The second-order valence-corrected chi connectivity index (χ2v) is 9.98. The van der Waals surface area contributed by atoms with Crippen LogP contribution in [0.5, 0.6) is 0 Å². The van der Waals surface area contributed by atoms with Gasteiger partial charge in [-0.05, 0) is 51.3 Å². The number of piperidine rings is 1. The lowest BCUT2D eigenvalue weighted by molar-refractivity contribution is 0.0499. The van der Waals surface area contributed by atoms with Gasteiger partial charge in [-0.15, -0.1) is 0 Å². The number of aromatic nitrogens is 3. The van der Waals surface area contributed by atoms with Gasteiger partial charge in [0.2, 0.25) is 5.95 Å². The molecule has 4 rings (SSSR count). The molecule has 2 aromatic heterocycles. The number of ether oxygens (including phenoxy) is 1. The van der Waals surface area contributed by atoms with Crippen molar-refractivity contribution in [2.24, 2.45) is 0 Å². The van der Waals surface area contributed by atoms with Crippen molar-refractivity contribution in [3.05, 3.63) is 57.0 Å². The van der Waals surface area contributed by atoms with Gasteiger partial charge < -0.3 is 29.6 Å². The van der Waals surface area contributed by atoms with Gasteiger partial charge >= 0.3 is 12.1 Å². The Morgan fingerprint density at radius 2 is 2.06 bits per heavy atom. The number of benzene rings is 1. The lowest BCUT2D eigenvalue weighted by atomic mass is 10.1. The lowest BCUT2D eigenvalue weighted by Crippen LogP contribution is -2.49. The summed E-state index contributed by atoms with van der Waals surface area (Å²) in [6.07, 6.45) is 1.06. The Kier molecular flexibility index (Phi) is 6.75. The first-order chi connectivity index (χ1) is 16.5. The minimum absolute atomic E-state index is 0.181. The molecule has 1 fully saturated rings. The van der Waals surface area contributed by atoms with Gasteiger partial charge in [0.15, 0.2) is 0 Å².